The number of hydrogen-bond acceptors (Lipinski definition) is 4. The van der Waals surface area contributed by atoms with E-state index >= 15 is 0 Å². The molecule has 0 aliphatic carbocycles. The molecular formula is C18H21ClN2O2. The summed E-state index contributed by atoms with van der Waals surface area (Å²) < 4.78 is 4.83. The van der Waals surface area contributed by atoms with E-state index in [4.69, 9.17) is 16.3 Å². The second kappa shape index (κ2) is 7.88. The number of anilines is 2. The molecule has 1 N–H and O–H groups in total. The zero-order valence-corrected chi connectivity index (χ0v) is 14.3. The quantitative estimate of drug-likeness (QED) is 0.808. The highest BCUT2D eigenvalue weighted by molar-refractivity contribution is 6.30. The van der Waals surface area contributed by atoms with Crippen LogP contribution in [0, 0.1) is 0 Å². The van der Waals surface area contributed by atoms with Gasteiger partial charge in [0.1, 0.15) is 0 Å². The summed E-state index contributed by atoms with van der Waals surface area (Å²) in [6, 6.07) is 15.3. The number of nitrogens with one attached hydrogen (secondary N) is 1. The van der Waals surface area contributed by atoms with E-state index in [0.717, 1.165) is 16.9 Å². The molecule has 0 aliphatic rings. The molecule has 0 spiro atoms. The van der Waals surface area contributed by atoms with Gasteiger partial charge >= 0.3 is 5.97 Å². The topological polar surface area (TPSA) is 41.6 Å². The standard InChI is InChI=1S/C18H21ClN2O2/c1-21(2)17-7-5-4-6-15(17)20-16(12-18(22)23-3)13-8-10-14(19)11-9-13/h4-11,16,20H,12H2,1-3H3. The van der Waals surface area contributed by atoms with Gasteiger partial charge in [0.2, 0.25) is 0 Å². The van der Waals surface area contributed by atoms with Crippen LogP contribution in [0.2, 0.25) is 5.02 Å². The van der Waals surface area contributed by atoms with Crippen LogP contribution in [0.5, 0.6) is 0 Å². The molecule has 5 heteroatoms. The Kier molecular flexibility index (Phi) is 5.88. The van der Waals surface area contributed by atoms with Gasteiger partial charge in [-0.05, 0) is 29.8 Å². The van der Waals surface area contributed by atoms with Crippen molar-refractivity contribution in [3.8, 4) is 0 Å². The van der Waals surface area contributed by atoms with E-state index in [1.807, 2.05) is 67.5 Å². The molecule has 0 saturated carbocycles. The van der Waals surface area contributed by atoms with Crippen molar-refractivity contribution in [3.05, 3.63) is 59.1 Å². The number of para-hydroxylation sites is 2. The zero-order chi connectivity index (χ0) is 16.8. The van der Waals surface area contributed by atoms with Gasteiger partial charge in [0, 0.05) is 19.1 Å². The normalized spacial score (nSPS) is 11.7. The van der Waals surface area contributed by atoms with Crippen LogP contribution in [0.25, 0.3) is 0 Å². The number of ether oxygens (including phenoxy) is 1. The van der Waals surface area contributed by atoms with E-state index in [1.165, 1.54) is 7.11 Å². The summed E-state index contributed by atoms with van der Waals surface area (Å²) in [7, 11) is 5.37. The van der Waals surface area contributed by atoms with Crippen molar-refractivity contribution >= 4 is 28.9 Å². The Bertz CT molecular complexity index is 656. The maximum Gasteiger partial charge on any atom is 0.307 e. The largest absolute Gasteiger partial charge is 0.469 e. The van der Waals surface area contributed by atoms with Gasteiger partial charge in [0.15, 0.2) is 0 Å². The first-order chi connectivity index (χ1) is 11.0. The SMILES string of the molecule is COC(=O)CC(Nc1ccccc1N(C)C)c1ccc(Cl)cc1. The minimum absolute atomic E-state index is 0.194. The molecule has 0 radical (unpaired) electrons. The molecule has 2 aromatic carbocycles. The summed E-state index contributed by atoms with van der Waals surface area (Å²) >= 11 is 5.96. The second-order valence-electron chi connectivity index (χ2n) is 5.44. The Morgan fingerprint density at radius 2 is 1.83 bits per heavy atom. The van der Waals surface area contributed by atoms with Crippen molar-refractivity contribution in [1.82, 2.24) is 0 Å². The fourth-order valence-electron chi connectivity index (χ4n) is 2.37. The lowest BCUT2D eigenvalue weighted by Gasteiger charge is -2.24. The van der Waals surface area contributed by atoms with E-state index < -0.39 is 0 Å². The van der Waals surface area contributed by atoms with Crippen LogP contribution in [0.4, 0.5) is 11.4 Å². The first-order valence-corrected chi connectivity index (χ1v) is 7.74. The summed E-state index contributed by atoms with van der Waals surface area (Å²) in [6.45, 7) is 0. The molecule has 122 valence electrons. The molecule has 4 nitrogen and oxygen atoms in total. The molecule has 0 saturated heterocycles. The highest BCUT2D eigenvalue weighted by Crippen LogP contribution is 2.30. The molecule has 0 heterocycles. The van der Waals surface area contributed by atoms with Gasteiger partial charge in [0.25, 0.3) is 0 Å². The first-order valence-electron chi connectivity index (χ1n) is 7.36. The average Bonchev–Trinajstić information content (AvgIpc) is 2.55. The van der Waals surface area contributed by atoms with Crippen LogP contribution < -0.4 is 10.2 Å². The summed E-state index contributed by atoms with van der Waals surface area (Å²) in [5.41, 5.74) is 2.99. The fourth-order valence-corrected chi connectivity index (χ4v) is 2.50. The molecule has 2 aromatic rings. The number of carbonyl (C=O) groups excluding carboxylic acids is 1. The molecule has 2 rings (SSSR count). The third kappa shape index (κ3) is 4.63. The van der Waals surface area contributed by atoms with Crippen LogP contribution in [-0.2, 0) is 9.53 Å². The summed E-state index contributed by atoms with van der Waals surface area (Å²) in [5.74, 6) is -0.264. The minimum Gasteiger partial charge on any atom is -0.469 e. The van der Waals surface area contributed by atoms with Gasteiger partial charge in [-0.3, -0.25) is 4.79 Å². The van der Waals surface area contributed by atoms with Crippen molar-refractivity contribution in [1.29, 1.82) is 0 Å². The first kappa shape index (κ1) is 17.2. The minimum atomic E-state index is -0.264. The number of carbonyl (C=O) groups is 1. The van der Waals surface area contributed by atoms with Crippen molar-refractivity contribution < 1.29 is 9.53 Å². The van der Waals surface area contributed by atoms with Gasteiger partial charge in [-0.1, -0.05) is 35.9 Å². The number of methoxy groups -OCH3 is 1. The van der Waals surface area contributed by atoms with Crippen molar-refractivity contribution in [2.45, 2.75) is 12.5 Å². The predicted molar refractivity (Wildman–Crippen MR) is 95.2 cm³/mol. The van der Waals surface area contributed by atoms with Gasteiger partial charge in [-0.15, -0.1) is 0 Å². The Balaban J connectivity index is 2.31. The monoisotopic (exact) mass is 332 g/mol. The Morgan fingerprint density at radius 3 is 2.43 bits per heavy atom. The lowest BCUT2D eigenvalue weighted by Crippen LogP contribution is -2.18. The molecular weight excluding hydrogens is 312 g/mol. The lowest BCUT2D eigenvalue weighted by atomic mass is 10.0. The van der Waals surface area contributed by atoms with Gasteiger partial charge in [0.05, 0.1) is 30.9 Å². The maximum atomic E-state index is 11.8. The van der Waals surface area contributed by atoms with Crippen LogP contribution in [-0.4, -0.2) is 27.2 Å². The fraction of sp³-hybridized carbons (Fsp3) is 0.278. The number of nitrogens with zero attached hydrogens (tertiary/aromatic N) is 1. The molecule has 0 fully saturated rings. The molecule has 0 aliphatic heterocycles. The number of halogens is 1. The van der Waals surface area contributed by atoms with Crippen LogP contribution in [0.3, 0.4) is 0 Å². The smallest absolute Gasteiger partial charge is 0.307 e. The van der Waals surface area contributed by atoms with Crippen LogP contribution in [0.1, 0.15) is 18.0 Å². The van der Waals surface area contributed by atoms with Gasteiger partial charge in [-0.2, -0.15) is 0 Å². The highest BCUT2D eigenvalue weighted by Gasteiger charge is 2.18. The van der Waals surface area contributed by atoms with Crippen molar-refractivity contribution in [2.24, 2.45) is 0 Å². The van der Waals surface area contributed by atoms with E-state index in [0.29, 0.717) is 5.02 Å². The summed E-state index contributed by atoms with van der Waals surface area (Å²) in [5, 5.41) is 4.11. The average molecular weight is 333 g/mol. The number of hydrogen-bond donors (Lipinski definition) is 1. The Morgan fingerprint density at radius 1 is 1.17 bits per heavy atom. The van der Waals surface area contributed by atoms with Gasteiger partial charge < -0.3 is 15.0 Å². The van der Waals surface area contributed by atoms with E-state index in [1.54, 1.807) is 0 Å². The van der Waals surface area contributed by atoms with E-state index in [-0.39, 0.29) is 18.4 Å². The molecule has 0 amide bonds. The highest BCUT2D eigenvalue weighted by atomic mass is 35.5. The Hall–Kier alpha value is -2.20. The molecule has 0 aromatic heterocycles. The van der Waals surface area contributed by atoms with Crippen molar-refractivity contribution in [2.75, 3.05) is 31.4 Å². The number of benzene rings is 2. The summed E-state index contributed by atoms with van der Waals surface area (Å²) in [4.78, 5) is 13.8. The third-order valence-electron chi connectivity index (χ3n) is 3.59. The van der Waals surface area contributed by atoms with Gasteiger partial charge in [-0.25, -0.2) is 0 Å². The second-order valence-corrected chi connectivity index (χ2v) is 5.88. The summed E-state index contributed by atoms with van der Waals surface area (Å²) in [6.07, 6.45) is 0.236. The van der Waals surface area contributed by atoms with E-state index in [2.05, 4.69) is 5.32 Å². The van der Waals surface area contributed by atoms with Crippen molar-refractivity contribution in [3.63, 3.8) is 0 Å². The van der Waals surface area contributed by atoms with Crippen LogP contribution in [0.15, 0.2) is 48.5 Å². The van der Waals surface area contributed by atoms with Crippen LogP contribution >= 0.6 is 11.6 Å². The number of esters is 1. The molecule has 0 bridgehead atoms. The molecule has 1 unspecified atom stereocenters. The Labute approximate surface area is 142 Å². The predicted octanol–water partition coefficient (Wildman–Crippen LogP) is 4.12. The van der Waals surface area contributed by atoms with E-state index in [9.17, 15) is 4.79 Å². The number of rotatable bonds is 6. The molecule has 23 heavy (non-hydrogen) atoms. The third-order valence-corrected chi connectivity index (χ3v) is 3.84. The lowest BCUT2D eigenvalue weighted by molar-refractivity contribution is -0.140. The maximum absolute atomic E-state index is 11.8. The molecule has 1 atom stereocenters. The zero-order valence-electron chi connectivity index (χ0n) is 13.5.